The van der Waals surface area contributed by atoms with Crippen LogP contribution in [0.3, 0.4) is 0 Å². The molecule has 4 heteroatoms. The minimum atomic E-state index is 1.11. The molecule has 0 aliphatic rings. The SMILES string of the molecule is Cc1nc(N(C)CCCCCBr)sc1C. The van der Waals surface area contributed by atoms with Gasteiger partial charge in [-0.1, -0.05) is 22.4 Å². The number of thiazole rings is 1. The summed E-state index contributed by atoms with van der Waals surface area (Å²) < 4.78 is 0. The molecule has 1 aromatic rings. The van der Waals surface area contributed by atoms with E-state index >= 15 is 0 Å². The molecule has 0 aliphatic carbocycles. The second-order valence-electron chi connectivity index (χ2n) is 3.81. The van der Waals surface area contributed by atoms with Gasteiger partial charge in [0.2, 0.25) is 0 Å². The third-order valence-electron chi connectivity index (χ3n) is 2.47. The van der Waals surface area contributed by atoms with Gasteiger partial charge in [0, 0.05) is 23.8 Å². The van der Waals surface area contributed by atoms with Crippen molar-refractivity contribution in [3.63, 3.8) is 0 Å². The Morgan fingerprint density at radius 2 is 2.00 bits per heavy atom. The van der Waals surface area contributed by atoms with Gasteiger partial charge >= 0.3 is 0 Å². The van der Waals surface area contributed by atoms with Crippen molar-refractivity contribution in [1.82, 2.24) is 4.98 Å². The molecule has 0 radical (unpaired) electrons. The minimum absolute atomic E-state index is 1.11. The van der Waals surface area contributed by atoms with Crippen molar-refractivity contribution in [2.24, 2.45) is 0 Å². The van der Waals surface area contributed by atoms with E-state index in [4.69, 9.17) is 0 Å². The molecule has 0 fully saturated rings. The average Bonchev–Trinajstić information content (AvgIpc) is 2.54. The van der Waals surface area contributed by atoms with E-state index < -0.39 is 0 Å². The van der Waals surface area contributed by atoms with Crippen LogP contribution in [0.2, 0.25) is 0 Å². The highest BCUT2D eigenvalue weighted by molar-refractivity contribution is 9.09. The topological polar surface area (TPSA) is 16.1 Å². The number of hydrogen-bond acceptors (Lipinski definition) is 3. The first-order chi connectivity index (χ1) is 7.15. The zero-order valence-corrected chi connectivity index (χ0v) is 12.1. The molecule has 1 heterocycles. The average molecular weight is 291 g/mol. The summed E-state index contributed by atoms with van der Waals surface area (Å²) >= 11 is 5.24. The standard InChI is InChI=1S/C11H19BrN2S/c1-9-10(2)15-11(13-9)14(3)8-6-4-5-7-12/h4-8H2,1-3H3. The maximum Gasteiger partial charge on any atom is 0.185 e. The number of rotatable bonds is 6. The molecule has 0 atom stereocenters. The van der Waals surface area contributed by atoms with Crippen LogP contribution in [-0.4, -0.2) is 23.9 Å². The summed E-state index contributed by atoms with van der Waals surface area (Å²) in [5.74, 6) is 0. The normalized spacial score (nSPS) is 10.7. The van der Waals surface area contributed by atoms with Gasteiger partial charge in [0.15, 0.2) is 5.13 Å². The molecular formula is C11H19BrN2S. The van der Waals surface area contributed by atoms with Gasteiger partial charge in [-0.25, -0.2) is 4.98 Å². The Balaban J connectivity index is 2.36. The summed E-state index contributed by atoms with van der Waals surface area (Å²) in [4.78, 5) is 8.14. The lowest BCUT2D eigenvalue weighted by molar-refractivity contribution is 0.709. The third kappa shape index (κ3) is 4.11. The van der Waals surface area contributed by atoms with Gasteiger partial charge in [-0.05, 0) is 26.7 Å². The van der Waals surface area contributed by atoms with Crippen molar-refractivity contribution in [3.8, 4) is 0 Å². The highest BCUT2D eigenvalue weighted by Crippen LogP contribution is 2.24. The van der Waals surface area contributed by atoms with Crippen molar-refractivity contribution in [2.45, 2.75) is 33.1 Å². The largest absolute Gasteiger partial charge is 0.351 e. The van der Waals surface area contributed by atoms with E-state index in [1.165, 1.54) is 29.8 Å². The Morgan fingerprint density at radius 3 is 2.53 bits per heavy atom. The quantitative estimate of drug-likeness (QED) is 0.586. The highest BCUT2D eigenvalue weighted by atomic mass is 79.9. The molecule has 0 aliphatic heterocycles. The molecule has 0 saturated heterocycles. The van der Waals surface area contributed by atoms with Crippen LogP contribution in [0.15, 0.2) is 0 Å². The monoisotopic (exact) mass is 290 g/mol. The van der Waals surface area contributed by atoms with Crippen LogP contribution in [0, 0.1) is 13.8 Å². The second kappa shape index (κ2) is 6.48. The van der Waals surface area contributed by atoms with Crippen LogP contribution < -0.4 is 4.90 Å². The fourth-order valence-corrected chi connectivity index (χ4v) is 2.63. The number of unbranched alkanes of at least 4 members (excludes halogenated alkanes) is 2. The molecule has 0 aromatic carbocycles. The predicted octanol–water partition coefficient (Wildman–Crippen LogP) is 3.76. The number of hydrogen-bond donors (Lipinski definition) is 0. The van der Waals surface area contributed by atoms with E-state index in [1.807, 2.05) is 0 Å². The van der Waals surface area contributed by atoms with Crippen molar-refractivity contribution in [2.75, 3.05) is 23.8 Å². The Labute approximate surface area is 105 Å². The third-order valence-corrected chi connectivity index (χ3v) is 4.22. The summed E-state index contributed by atoms with van der Waals surface area (Å²) in [5, 5.41) is 2.27. The number of halogens is 1. The van der Waals surface area contributed by atoms with Crippen molar-refractivity contribution in [1.29, 1.82) is 0 Å². The zero-order chi connectivity index (χ0) is 11.3. The lowest BCUT2D eigenvalue weighted by Crippen LogP contribution is -2.18. The first-order valence-electron chi connectivity index (χ1n) is 5.36. The summed E-state index contributed by atoms with van der Waals surface area (Å²) in [5.41, 5.74) is 1.17. The van der Waals surface area contributed by atoms with Crippen LogP contribution in [0.25, 0.3) is 0 Å². The Kier molecular flexibility index (Phi) is 5.61. The van der Waals surface area contributed by atoms with Gasteiger partial charge in [-0.2, -0.15) is 0 Å². The fraction of sp³-hybridized carbons (Fsp3) is 0.727. The van der Waals surface area contributed by atoms with Crippen LogP contribution >= 0.6 is 27.3 Å². The fourth-order valence-electron chi connectivity index (χ4n) is 1.33. The van der Waals surface area contributed by atoms with Gasteiger partial charge < -0.3 is 4.90 Å². The number of nitrogens with zero attached hydrogens (tertiary/aromatic N) is 2. The van der Waals surface area contributed by atoms with E-state index in [1.54, 1.807) is 11.3 Å². The number of alkyl halides is 1. The Bertz CT molecular complexity index is 279. The molecule has 2 nitrogen and oxygen atoms in total. The number of aryl methyl sites for hydroxylation is 2. The van der Waals surface area contributed by atoms with Crippen LogP contribution in [0.1, 0.15) is 29.8 Å². The molecule has 1 rings (SSSR count). The molecule has 0 saturated carbocycles. The highest BCUT2D eigenvalue weighted by Gasteiger charge is 2.07. The maximum atomic E-state index is 4.54. The van der Waals surface area contributed by atoms with Crippen molar-refractivity contribution in [3.05, 3.63) is 10.6 Å². The Morgan fingerprint density at radius 1 is 1.27 bits per heavy atom. The van der Waals surface area contributed by atoms with Gasteiger partial charge in [0.05, 0.1) is 5.69 Å². The summed E-state index contributed by atoms with van der Waals surface area (Å²) in [6, 6.07) is 0. The lowest BCUT2D eigenvalue weighted by atomic mass is 10.2. The van der Waals surface area contributed by atoms with E-state index in [9.17, 15) is 0 Å². The first kappa shape index (κ1) is 13.0. The van der Waals surface area contributed by atoms with Gasteiger partial charge in [0.25, 0.3) is 0 Å². The van der Waals surface area contributed by atoms with E-state index in [0.717, 1.165) is 17.0 Å². The van der Waals surface area contributed by atoms with Crippen LogP contribution in [-0.2, 0) is 0 Å². The second-order valence-corrected chi connectivity index (χ2v) is 5.78. The first-order valence-corrected chi connectivity index (χ1v) is 7.30. The van der Waals surface area contributed by atoms with E-state index in [0.29, 0.717) is 0 Å². The molecule has 15 heavy (non-hydrogen) atoms. The molecule has 86 valence electrons. The zero-order valence-electron chi connectivity index (χ0n) is 9.72. The smallest absolute Gasteiger partial charge is 0.185 e. The number of anilines is 1. The van der Waals surface area contributed by atoms with Crippen molar-refractivity contribution >= 4 is 32.4 Å². The lowest BCUT2D eigenvalue weighted by Gasteiger charge is -2.14. The summed E-state index contributed by atoms with van der Waals surface area (Å²) in [6.45, 7) is 5.32. The predicted molar refractivity (Wildman–Crippen MR) is 72.5 cm³/mol. The summed E-state index contributed by atoms with van der Waals surface area (Å²) in [7, 11) is 2.13. The molecule has 0 N–H and O–H groups in total. The van der Waals surface area contributed by atoms with E-state index in [2.05, 4.69) is 46.7 Å². The van der Waals surface area contributed by atoms with E-state index in [-0.39, 0.29) is 0 Å². The molecule has 0 bridgehead atoms. The maximum absolute atomic E-state index is 4.54. The van der Waals surface area contributed by atoms with Gasteiger partial charge in [0.1, 0.15) is 0 Å². The Hall–Kier alpha value is -0.0900. The minimum Gasteiger partial charge on any atom is -0.351 e. The summed E-state index contributed by atoms with van der Waals surface area (Å²) in [6.07, 6.45) is 3.81. The van der Waals surface area contributed by atoms with Gasteiger partial charge in [-0.15, -0.1) is 11.3 Å². The molecule has 0 unspecified atom stereocenters. The van der Waals surface area contributed by atoms with Crippen molar-refractivity contribution < 1.29 is 0 Å². The van der Waals surface area contributed by atoms with Crippen LogP contribution in [0.4, 0.5) is 5.13 Å². The number of aromatic nitrogens is 1. The molecule has 0 spiro atoms. The van der Waals surface area contributed by atoms with Gasteiger partial charge in [-0.3, -0.25) is 0 Å². The molecule has 1 aromatic heterocycles. The van der Waals surface area contributed by atoms with Crippen LogP contribution in [0.5, 0.6) is 0 Å². The molecule has 0 amide bonds. The molecular weight excluding hydrogens is 272 g/mol.